The Balaban J connectivity index is 0.00000182. The Morgan fingerprint density at radius 1 is 1.15 bits per heavy atom. The number of rotatable bonds is 9. The van der Waals surface area contributed by atoms with Crippen molar-refractivity contribution in [2.75, 3.05) is 11.4 Å². The second-order valence-electron chi connectivity index (χ2n) is 13.2. The number of hydroxylamine groups is 1. The van der Waals surface area contributed by atoms with Crippen LogP contribution in [0.3, 0.4) is 0 Å². The van der Waals surface area contributed by atoms with Crippen molar-refractivity contribution < 1.29 is 9.63 Å². The number of fused-ring (bicyclic) bond motifs is 1. The summed E-state index contributed by atoms with van der Waals surface area (Å²) in [5.74, 6) is 1.49. The molecule has 0 radical (unpaired) electrons. The van der Waals surface area contributed by atoms with E-state index >= 15 is 0 Å². The van der Waals surface area contributed by atoms with Crippen LogP contribution in [0.15, 0.2) is 41.7 Å². The summed E-state index contributed by atoms with van der Waals surface area (Å²) < 4.78 is 4.32. The lowest BCUT2D eigenvalue weighted by atomic mass is 9.92. The maximum Gasteiger partial charge on any atom is 0.261 e. The molecule has 7 nitrogen and oxygen atoms in total. The van der Waals surface area contributed by atoms with Gasteiger partial charge in [0.2, 0.25) is 0 Å². The highest BCUT2D eigenvalue weighted by atomic mass is 35.5. The lowest BCUT2D eigenvalue weighted by molar-refractivity contribution is 0.0984. The number of allylic oxidation sites excluding steroid dienone is 1. The molecule has 7 rings (SSSR count). The maximum atomic E-state index is 12.9. The standard InChI is InChI=1S/C33H39Cl2N5O2S2.C2H6/c1-17-12-21(31(41)39-44-33(4)10-11-33)15-26-28(17)37-32(43-26)40-18(2)13-22(14-19(40)3)36-16-23-29(38-42-30(23)20-8-9-20)27-24(34)6-5-7-25(27)35;1-2/h5-7,12,15,18-20,22,29,36,38H,8-11,13-14,16H2,1-4H3,(H,39,41);1-2H3/t18-,19?,22?,29?;/m0./s1. The van der Waals surface area contributed by atoms with E-state index in [1.165, 1.54) is 5.57 Å². The summed E-state index contributed by atoms with van der Waals surface area (Å²) in [6, 6.07) is 10.4. The Hall–Kier alpha value is -2.01. The van der Waals surface area contributed by atoms with Crippen LogP contribution in [-0.2, 0) is 4.84 Å². The molecule has 3 aromatic rings. The first-order valence-electron chi connectivity index (χ1n) is 16.6. The second kappa shape index (κ2) is 13.8. The van der Waals surface area contributed by atoms with Crippen LogP contribution in [0.25, 0.3) is 10.2 Å². The lowest BCUT2D eigenvalue weighted by Crippen LogP contribution is -2.52. The fourth-order valence-electron chi connectivity index (χ4n) is 6.61. The molecule has 2 aromatic carbocycles. The van der Waals surface area contributed by atoms with E-state index in [9.17, 15) is 4.79 Å². The number of nitrogens with one attached hydrogen (secondary N) is 3. The minimum atomic E-state index is -0.164. The molecule has 1 aromatic heterocycles. The first-order chi connectivity index (χ1) is 22.1. The Labute approximate surface area is 291 Å². The zero-order chi connectivity index (χ0) is 32.7. The van der Waals surface area contributed by atoms with Crippen molar-refractivity contribution in [3.63, 3.8) is 0 Å². The number of nitrogens with zero attached hydrogens (tertiary/aromatic N) is 2. The molecule has 3 heterocycles. The van der Waals surface area contributed by atoms with Crippen molar-refractivity contribution in [2.45, 2.75) is 109 Å². The van der Waals surface area contributed by atoms with Crippen LogP contribution < -0.4 is 20.4 Å². The summed E-state index contributed by atoms with van der Waals surface area (Å²) in [5, 5.41) is 6.20. The highest BCUT2D eigenvalue weighted by Gasteiger charge is 2.41. The average molecular weight is 703 g/mol. The van der Waals surface area contributed by atoms with Gasteiger partial charge in [0.05, 0.1) is 16.3 Å². The molecule has 2 aliphatic carbocycles. The number of hydrogen-bond acceptors (Lipinski definition) is 8. The molecule has 3 unspecified atom stereocenters. The fraction of sp³-hybridized carbons (Fsp3) is 0.543. The average Bonchev–Trinajstić information content (AvgIpc) is 3.92. The smallest absolute Gasteiger partial charge is 0.261 e. The summed E-state index contributed by atoms with van der Waals surface area (Å²) in [4.78, 5) is 26.5. The molecule has 4 aliphatic rings. The van der Waals surface area contributed by atoms with E-state index in [0.29, 0.717) is 39.7 Å². The third kappa shape index (κ3) is 7.06. The van der Waals surface area contributed by atoms with Gasteiger partial charge in [0.25, 0.3) is 5.91 Å². The molecule has 248 valence electrons. The molecule has 0 bridgehead atoms. The fourth-order valence-corrected chi connectivity index (χ4v) is 9.28. The number of carbonyl (C=O) groups is 1. The maximum absolute atomic E-state index is 12.9. The number of halogens is 2. The number of carbonyl (C=O) groups excluding carboxylic acids is 1. The summed E-state index contributed by atoms with van der Waals surface area (Å²) in [5.41, 5.74) is 8.04. The Bertz CT molecular complexity index is 1600. The van der Waals surface area contributed by atoms with Crippen molar-refractivity contribution in [1.82, 2.24) is 20.5 Å². The number of benzene rings is 2. The molecule has 1 amide bonds. The van der Waals surface area contributed by atoms with E-state index in [4.69, 9.17) is 33.0 Å². The normalized spacial score (nSPS) is 25.3. The van der Waals surface area contributed by atoms with Gasteiger partial charge in [-0.15, -0.1) is 5.48 Å². The molecule has 0 spiro atoms. The third-order valence-electron chi connectivity index (χ3n) is 9.47. The van der Waals surface area contributed by atoms with Gasteiger partial charge in [0, 0.05) is 62.1 Å². The minimum absolute atomic E-state index is 0.0291. The lowest BCUT2D eigenvalue weighted by Gasteiger charge is -2.43. The van der Waals surface area contributed by atoms with Crippen molar-refractivity contribution in [3.8, 4) is 0 Å². The van der Waals surface area contributed by atoms with E-state index in [1.807, 2.05) is 44.2 Å². The Morgan fingerprint density at radius 3 is 2.46 bits per heavy atom. The highest BCUT2D eigenvalue weighted by Crippen LogP contribution is 2.47. The van der Waals surface area contributed by atoms with E-state index < -0.39 is 0 Å². The Kier molecular flexibility index (Phi) is 10.2. The number of aromatic nitrogens is 1. The third-order valence-corrected chi connectivity index (χ3v) is 12.3. The van der Waals surface area contributed by atoms with Gasteiger partial charge in [-0.2, -0.15) is 0 Å². The van der Waals surface area contributed by atoms with Gasteiger partial charge in [0.1, 0.15) is 5.76 Å². The molecule has 46 heavy (non-hydrogen) atoms. The van der Waals surface area contributed by atoms with E-state index in [2.05, 4.69) is 48.1 Å². The second-order valence-corrected chi connectivity index (χ2v) is 16.4. The number of anilines is 1. The topological polar surface area (TPSA) is 78.5 Å². The first kappa shape index (κ1) is 33.9. The Morgan fingerprint density at radius 2 is 1.83 bits per heavy atom. The van der Waals surface area contributed by atoms with Gasteiger partial charge in [0.15, 0.2) is 5.13 Å². The van der Waals surface area contributed by atoms with Crippen LogP contribution in [0.1, 0.15) is 101 Å². The number of aryl methyl sites for hydroxylation is 1. The summed E-state index contributed by atoms with van der Waals surface area (Å²) in [7, 11) is 0. The predicted octanol–water partition coefficient (Wildman–Crippen LogP) is 9.14. The molecule has 3 N–H and O–H groups in total. The van der Waals surface area contributed by atoms with Crippen molar-refractivity contribution in [1.29, 1.82) is 0 Å². The summed E-state index contributed by atoms with van der Waals surface area (Å²) in [6.45, 7) is 13.5. The minimum Gasteiger partial charge on any atom is -0.412 e. The van der Waals surface area contributed by atoms with Crippen LogP contribution in [0.5, 0.6) is 0 Å². The zero-order valence-electron chi connectivity index (χ0n) is 27.5. The number of thiazole rings is 1. The van der Waals surface area contributed by atoms with Crippen LogP contribution in [0.4, 0.5) is 5.13 Å². The van der Waals surface area contributed by atoms with Crippen LogP contribution in [0, 0.1) is 12.8 Å². The molecular weight excluding hydrogens is 657 g/mol. The quantitative estimate of drug-likeness (QED) is 0.192. The molecule has 2 aliphatic heterocycles. The van der Waals surface area contributed by atoms with Gasteiger partial charge in [-0.3, -0.25) is 9.52 Å². The van der Waals surface area contributed by atoms with Gasteiger partial charge >= 0.3 is 0 Å². The van der Waals surface area contributed by atoms with E-state index in [1.54, 1.807) is 23.3 Å². The number of hydrogen-bond donors (Lipinski definition) is 3. The predicted molar refractivity (Wildman–Crippen MR) is 194 cm³/mol. The molecular formula is C35H45Cl2N5O2S2. The zero-order valence-corrected chi connectivity index (χ0v) is 30.7. The monoisotopic (exact) mass is 701 g/mol. The van der Waals surface area contributed by atoms with E-state index in [-0.39, 0.29) is 16.7 Å². The number of amides is 1. The molecule has 3 fully saturated rings. The number of piperidine rings is 1. The molecule has 11 heteroatoms. The van der Waals surface area contributed by atoms with E-state index in [0.717, 1.165) is 77.3 Å². The first-order valence-corrected chi connectivity index (χ1v) is 19.0. The van der Waals surface area contributed by atoms with Gasteiger partial charge in [-0.25, -0.2) is 4.98 Å². The summed E-state index contributed by atoms with van der Waals surface area (Å²) in [6.07, 6.45) is 6.62. The molecule has 2 saturated carbocycles. The molecule has 4 atom stereocenters. The highest BCUT2D eigenvalue weighted by molar-refractivity contribution is 7.99. The van der Waals surface area contributed by atoms with Crippen molar-refractivity contribution in [3.05, 3.63) is 68.4 Å². The van der Waals surface area contributed by atoms with Crippen molar-refractivity contribution >= 4 is 67.7 Å². The SMILES string of the molecule is CC.Cc1cc(C(=O)NSC2(C)CC2)cc2sc(N3C(C)CC(NCC4=C(C5CC5)ONC4c4c(Cl)cccc4Cl)C[C@@H]3C)nc12. The van der Waals surface area contributed by atoms with Crippen LogP contribution in [-0.4, -0.2) is 40.3 Å². The van der Waals surface area contributed by atoms with Gasteiger partial charge in [-0.1, -0.05) is 54.5 Å². The van der Waals surface area contributed by atoms with Crippen LogP contribution in [0.2, 0.25) is 10.0 Å². The molecule has 1 saturated heterocycles. The summed E-state index contributed by atoms with van der Waals surface area (Å²) >= 11 is 16.5. The van der Waals surface area contributed by atoms with Crippen LogP contribution >= 0.6 is 46.5 Å². The largest absolute Gasteiger partial charge is 0.412 e. The van der Waals surface area contributed by atoms with Crippen molar-refractivity contribution in [2.24, 2.45) is 5.92 Å². The van der Waals surface area contributed by atoms with Gasteiger partial charge < -0.3 is 15.1 Å². The van der Waals surface area contributed by atoms with Gasteiger partial charge in [-0.05, 0) is 108 Å².